The summed E-state index contributed by atoms with van der Waals surface area (Å²) >= 11 is 1.29. The molecule has 1 aromatic heterocycles. The number of hydrogen-bond acceptors (Lipinski definition) is 4. The molecule has 0 aliphatic rings. The molecule has 114 valence electrons. The van der Waals surface area contributed by atoms with Gasteiger partial charge in [-0.3, -0.25) is 0 Å². The van der Waals surface area contributed by atoms with Crippen LogP contribution in [0, 0.1) is 0 Å². The summed E-state index contributed by atoms with van der Waals surface area (Å²) in [6, 6.07) is 13.1. The summed E-state index contributed by atoms with van der Waals surface area (Å²) in [6.07, 6.45) is 0.576. The van der Waals surface area contributed by atoms with Crippen molar-refractivity contribution in [2.24, 2.45) is 0 Å². The zero-order chi connectivity index (χ0) is 15.3. The van der Waals surface area contributed by atoms with E-state index in [9.17, 15) is 8.42 Å². The maximum Gasteiger partial charge on any atom is 0.192 e. The molecule has 0 saturated carbocycles. The van der Waals surface area contributed by atoms with Crippen molar-refractivity contribution in [2.75, 3.05) is 6.54 Å². The van der Waals surface area contributed by atoms with Crippen LogP contribution in [0.15, 0.2) is 52.1 Å². The Labute approximate surface area is 130 Å². The second kappa shape index (κ2) is 7.20. The number of hydrogen-bond donors (Lipinski definition) is 1. The molecular weight excluding hydrogens is 302 g/mol. The van der Waals surface area contributed by atoms with Crippen molar-refractivity contribution in [2.45, 2.75) is 35.8 Å². The van der Waals surface area contributed by atoms with E-state index in [0.29, 0.717) is 10.6 Å². The highest BCUT2D eigenvalue weighted by Crippen LogP contribution is 2.31. The normalized spacial score (nSPS) is 14.8. The van der Waals surface area contributed by atoms with Gasteiger partial charge in [-0.1, -0.05) is 50.2 Å². The molecule has 21 heavy (non-hydrogen) atoms. The number of sulfone groups is 1. The first-order chi connectivity index (χ1) is 10.1. The van der Waals surface area contributed by atoms with Crippen molar-refractivity contribution in [3.63, 3.8) is 0 Å². The average molecular weight is 323 g/mol. The van der Waals surface area contributed by atoms with Gasteiger partial charge < -0.3 is 5.32 Å². The largest absolute Gasteiger partial charge is 0.309 e. The molecule has 0 bridgehead atoms. The molecule has 0 spiro atoms. The molecule has 5 heteroatoms. The minimum Gasteiger partial charge on any atom is -0.309 e. The second-order valence-corrected chi connectivity index (χ2v) is 8.21. The van der Waals surface area contributed by atoms with Crippen molar-refractivity contribution in [3.05, 3.63) is 53.4 Å². The summed E-state index contributed by atoms with van der Waals surface area (Å²) in [5, 5.41) is 4.69. The van der Waals surface area contributed by atoms with E-state index in [0.717, 1.165) is 12.1 Å². The van der Waals surface area contributed by atoms with Crippen LogP contribution in [0.25, 0.3) is 0 Å². The molecular formula is C16H21NO2S2. The molecule has 0 aliphatic heterocycles. The third-order valence-electron chi connectivity index (χ3n) is 3.53. The Kier molecular flexibility index (Phi) is 5.56. The third kappa shape index (κ3) is 3.54. The van der Waals surface area contributed by atoms with Gasteiger partial charge in [0.05, 0.1) is 5.25 Å². The van der Waals surface area contributed by atoms with E-state index in [1.54, 1.807) is 12.1 Å². The van der Waals surface area contributed by atoms with Crippen LogP contribution in [-0.2, 0) is 9.84 Å². The lowest BCUT2D eigenvalue weighted by Gasteiger charge is -2.27. The lowest BCUT2D eigenvalue weighted by Crippen LogP contribution is -2.36. The monoisotopic (exact) mass is 323 g/mol. The van der Waals surface area contributed by atoms with E-state index in [1.165, 1.54) is 11.3 Å². The van der Waals surface area contributed by atoms with E-state index in [1.807, 2.05) is 49.6 Å². The van der Waals surface area contributed by atoms with E-state index < -0.39 is 15.1 Å². The molecule has 0 amide bonds. The maximum absolute atomic E-state index is 12.9. The SMILES string of the molecule is CCNC(c1ccccc1)C(CC)S(=O)(=O)c1cccs1. The van der Waals surface area contributed by atoms with Crippen LogP contribution in [0.4, 0.5) is 0 Å². The van der Waals surface area contributed by atoms with E-state index in [2.05, 4.69) is 5.32 Å². The Hall–Kier alpha value is -1.17. The van der Waals surface area contributed by atoms with Crippen LogP contribution in [0.5, 0.6) is 0 Å². The molecule has 1 aromatic carbocycles. The highest BCUT2D eigenvalue weighted by Gasteiger charge is 2.34. The van der Waals surface area contributed by atoms with Crippen LogP contribution in [0.1, 0.15) is 31.9 Å². The zero-order valence-electron chi connectivity index (χ0n) is 12.3. The average Bonchev–Trinajstić information content (AvgIpc) is 3.03. The minimum atomic E-state index is -3.32. The Morgan fingerprint density at radius 2 is 1.81 bits per heavy atom. The van der Waals surface area contributed by atoms with Crippen LogP contribution in [-0.4, -0.2) is 20.2 Å². The Morgan fingerprint density at radius 1 is 1.10 bits per heavy atom. The topological polar surface area (TPSA) is 46.2 Å². The first kappa shape index (κ1) is 16.2. The fourth-order valence-corrected chi connectivity index (χ4v) is 5.69. The minimum absolute atomic E-state index is 0.187. The Balaban J connectivity index is 2.42. The lowest BCUT2D eigenvalue weighted by molar-refractivity contribution is 0.488. The molecule has 0 radical (unpaired) electrons. The van der Waals surface area contributed by atoms with Gasteiger partial charge in [0.1, 0.15) is 4.21 Å². The summed E-state index contributed by atoms with van der Waals surface area (Å²) < 4.78 is 26.2. The van der Waals surface area contributed by atoms with E-state index in [-0.39, 0.29) is 6.04 Å². The molecule has 2 atom stereocenters. The fourth-order valence-electron chi connectivity index (χ4n) is 2.55. The Morgan fingerprint density at radius 3 is 2.33 bits per heavy atom. The first-order valence-electron chi connectivity index (χ1n) is 7.17. The smallest absolute Gasteiger partial charge is 0.192 e. The van der Waals surface area contributed by atoms with Gasteiger partial charge in [-0.2, -0.15) is 0 Å². The van der Waals surface area contributed by atoms with Crippen molar-refractivity contribution in [1.29, 1.82) is 0 Å². The van der Waals surface area contributed by atoms with Crippen molar-refractivity contribution < 1.29 is 8.42 Å². The van der Waals surface area contributed by atoms with Crippen LogP contribution in [0.2, 0.25) is 0 Å². The molecule has 3 nitrogen and oxygen atoms in total. The van der Waals surface area contributed by atoms with Gasteiger partial charge in [-0.15, -0.1) is 11.3 Å². The first-order valence-corrected chi connectivity index (χ1v) is 9.59. The van der Waals surface area contributed by atoms with Gasteiger partial charge in [0, 0.05) is 6.04 Å². The predicted octanol–water partition coefficient (Wildman–Crippen LogP) is 3.65. The fraction of sp³-hybridized carbons (Fsp3) is 0.375. The lowest BCUT2D eigenvalue weighted by atomic mass is 10.0. The molecule has 2 aromatic rings. The van der Waals surface area contributed by atoms with Gasteiger partial charge in [-0.25, -0.2) is 8.42 Å². The highest BCUT2D eigenvalue weighted by molar-refractivity contribution is 7.94. The van der Waals surface area contributed by atoms with Crippen LogP contribution < -0.4 is 5.32 Å². The number of rotatable bonds is 7. The predicted molar refractivity (Wildman–Crippen MR) is 88.4 cm³/mol. The van der Waals surface area contributed by atoms with Gasteiger partial charge in [0.2, 0.25) is 0 Å². The highest BCUT2D eigenvalue weighted by atomic mass is 32.2. The molecule has 0 saturated heterocycles. The van der Waals surface area contributed by atoms with Crippen molar-refractivity contribution >= 4 is 21.2 Å². The van der Waals surface area contributed by atoms with Gasteiger partial charge in [-0.05, 0) is 30.0 Å². The third-order valence-corrected chi connectivity index (χ3v) is 7.28. The molecule has 2 rings (SSSR count). The molecule has 1 N–H and O–H groups in total. The number of nitrogens with one attached hydrogen (secondary N) is 1. The summed E-state index contributed by atoms with van der Waals surface area (Å²) in [4.78, 5) is 0. The molecule has 0 fully saturated rings. The molecule has 1 heterocycles. The van der Waals surface area contributed by atoms with E-state index in [4.69, 9.17) is 0 Å². The van der Waals surface area contributed by atoms with Gasteiger partial charge in [0.15, 0.2) is 9.84 Å². The van der Waals surface area contributed by atoms with Gasteiger partial charge in [0.25, 0.3) is 0 Å². The van der Waals surface area contributed by atoms with Crippen LogP contribution in [0.3, 0.4) is 0 Å². The standard InChI is InChI=1S/C16H21NO2S2/c1-3-14(21(18,19)15-11-8-12-20-15)16(17-4-2)13-9-6-5-7-10-13/h5-12,14,16-17H,3-4H2,1-2H3. The van der Waals surface area contributed by atoms with Crippen molar-refractivity contribution in [1.82, 2.24) is 5.32 Å². The zero-order valence-corrected chi connectivity index (χ0v) is 14.0. The number of benzene rings is 1. The second-order valence-electron chi connectivity index (χ2n) is 4.87. The van der Waals surface area contributed by atoms with E-state index >= 15 is 0 Å². The molecule has 0 aliphatic carbocycles. The summed E-state index contributed by atoms with van der Waals surface area (Å²) in [7, 11) is -3.32. The van der Waals surface area contributed by atoms with Gasteiger partial charge >= 0.3 is 0 Å². The summed E-state index contributed by atoms with van der Waals surface area (Å²) in [5.41, 5.74) is 1.02. The summed E-state index contributed by atoms with van der Waals surface area (Å²) in [5.74, 6) is 0. The Bertz CT molecular complexity index is 636. The van der Waals surface area contributed by atoms with Crippen molar-refractivity contribution in [3.8, 4) is 0 Å². The maximum atomic E-state index is 12.9. The molecule has 2 unspecified atom stereocenters. The summed E-state index contributed by atoms with van der Waals surface area (Å²) in [6.45, 7) is 4.67. The quantitative estimate of drug-likeness (QED) is 0.846. The van der Waals surface area contributed by atoms with Crippen LogP contribution >= 0.6 is 11.3 Å². The number of thiophene rings is 1.